The van der Waals surface area contributed by atoms with Crippen molar-refractivity contribution in [2.24, 2.45) is 0 Å². The van der Waals surface area contributed by atoms with Crippen molar-refractivity contribution in [2.75, 3.05) is 5.32 Å². The number of furan rings is 1. The van der Waals surface area contributed by atoms with Gasteiger partial charge in [0.05, 0.1) is 16.8 Å². The first-order chi connectivity index (χ1) is 8.97. The third-order valence-electron chi connectivity index (χ3n) is 2.46. The number of benzene rings is 1. The molecule has 1 amide bonds. The van der Waals surface area contributed by atoms with Crippen LogP contribution in [0.25, 0.3) is 0 Å². The number of amides is 1. The number of carbonyl (C=O) groups is 2. The molecule has 0 atom stereocenters. The molecule has 2 N–H and O–H groups in total. The maximum atomic E-state index is 11.9. The lowest BCUT2D eigenvalue weighted by Crippen LogP contribution is -2.11. The topological polar surface area (TPSA) is 79.5 Å². The highest BCUT2D eigenvalue weighted by molar-refractivity contribution is 9.10. The summed E-state index contributed by atoms with van der Waals surface area (Å²) < 4.78 is 5.55. The Kier molecular flexibility index (Phi) is 3.71. The summed E-state index contributed by atoms with van der Waals surface area (Å²) in [6.45, 7) is 1.74. The van der Waals surface area contributed by atoms with Crippen LogP contribution in [0, 0.1) is 6.92 Å². The molecule has 2 rings (SSSR count). The van der Waals surface area contributed by atoms with Gasteiger partial charge in [0.1, 0.15) is 12.0 Å². The van der Waals surface area contributed by atoms with E-state index in [1.165, 1.54) is 24.5 Å². The highest BCUT2D eigenvalue weighted by Crippen LogP contribution is 2.24. The van der Waals surface area contributed by atoms with Crippen LogP contribution in [0.5, 0.6) is 0 Å². The number of aromatic carboxylic acids is 1. The van der Waals surface area contributed by atoms with Crippen molar-refractivity contribution >= 4 is 33.5 Å². The van der Waals surface area contributed by atoms with E-state index in [2.05, 4.69) is 21.2 Å². The molecule has 6 heteroatoms. The van der Waals surface area contributed by atoms with E-state index < -0.39 is 5.97 Å². The van der Waals surface area contributed by atoms with Crippen molar-refractivity contribution in [1.29, 1.82) is 0 Å². The van der Waals surface area contributed by atoms with Crippen molar-refractivity contribution in [3.63, 3.8) is 0 Å². The summed E-state index contributed by atoms with van der Waals surface area (Å²) in [5, 5.41) is 11.5. The zero-order valence-corrected chi connectivity index (χ0v) is 11.5. The average molecular weight is 324 g/mol. The van der Waals surface area contributed by atoms with Crippen LogP contribution in [-0.2, 0) is 0 Å². The minimum atomic E-state index is -1.02. The van der Waals surface area contributed by atoms with E-state index in [1.54, 1.807) is 13.0 Å². The van der Waals surface area contributed by atoms with Gasteiger partial charge in [-0.3, -0.25) is 4.79 Å². The largest absolute Gasteiger partial charge is 0.478 e. The SMILES string of the molecule is Cc1cc(C(=O)Nc2ccc(C(=O)O)cc2Br)co1. The van der Waals surface area contributed by atoms with Crippen molar-refractivity contribution in [2.45, 2.75) is 6.92 Å². The Morgan fingerprint density at radius 2 is 2.00 bits per heavy atom. The molecule has 0 spiro atoms. The van der Waals surface area contributed by atoms with E-state index in [1.807, 2.05) is 0 Å². The van der Waals surface area contributed by atoms with Crippen LogP contribution >= 0.6 is 15.9 Å². The second kappa shape index (κ2) is 5.27. The Morgan fingerprint density at radius 3 is 2.53 bits per heavy atom. The number of halogens is 1. The monoisotopic (exact) mass is 323 g/mol. The quantitative estimate of drug-likeness (QED) is 0.908. The van der Waals surface area contributed by atoms with Gasteiger partial charge in [-0.25, -0.2) is 4.79 Å². The first kappa shape index (κ1) is 13.4. The van der Waals surface area contributed by atoms with Gasteiger partial charge in [0, 0.05) is 4.47 Å². The average Bonchev–Trinajstić information content (AvgIpc) is 2.78. The molecule has 0 aliphatic rings. The van der Waals surface area contributed by atoms with E-state index in [9.17, 15) is 9.59 Å². The van der Waals surface area contributed by atoms with Gasteiger partial charge >= 0.3 is 5.97 Å². The predicted octanol–water partition coefficient (Wildman–Crippen LogP) is 3.30. The van der Waals surface area contributed by atoms with Gasteiger partial charge in [0.15, 0.2) is 0 Å². The van der Waals surface area contributed by atoms with Crippen LogP contribution < -0.4 is 5.32 Å². The molecule has 2 aromatic rings. The molecule has 5 nitrogen and oxygen atoms in total. The maximum Gasteiger partial charge on any atom is 0.335 e. The van der Waals surface area contributed by atoms with Crippen molar-refractivity contribution in [3.8, 4) is 0 Å². The lowest BCUT2D eigenvalue weighted by atomic mass is 10.2. The fraction of sp³-hybridized carbons (Fsp3) is 0.0769. The smallest absolute Gasteiger partial charge is 0.335 e. The summed E-state index contributed by atoms with van der Waals surface area (Å²) in [4.78, 5) is 22.7. The van der Waals surface area contributed by atoms with E-state index in [0.29, 0.717) is 21.5 Å². The highest BCUT2D eigenvalue weighted by atomic mass is 79.9. The Balaban J connectivity index is 2.20. The van der Waals surface area contributed by atoms with Crippen molar-refractivity contribution in [1.82, 2.24) is 0 Å². The summed E-state index contributed by atoms with van der Waals surface area (Å²) in [7, 11) is 0. The molecule has 0 unspecified atom stereocenters. The molecule has 1 aromatic heterocycles. The first-order valence-corrected chi connectivity index (χ1v) is 6.16. The third kappa shape index (κ3) is 3.03. The van der Waals surface area contributed by atoms with Crippen LogP contribution in [0.1, 0.15) is 26.5 Å². The fourth-order valence-electron chi connectivity index (χ4n) is 1.51. The highest BCUT2D eigenvalue weighted by Gasteiger charge is 2.12. The number of carboxylic acids is 1. The first-order valence-electron chi connectivity index (χ1n) is 5.36. The second-order valence-corrected chi connectivity index (χ2v) is 4.75. The van der Waals surface area contributed by atoms with Gasteiger partial charge in [0.25, 0.3) is 5.91 Å². The molecule has 0 radical (unpaired) electrons. The number of aryl methyl sites for hydroxylation is 1. The molecule has 0 aliphatic carbocycles. The second-order valence-electron chi connectivity index (χ2n) is 3.90. The molecular formula is C13H10BrNO4. The van der Waals surface area contributed by atoms with Gasteiger partial charge in [-0.1, -0.05) is 0 Å². The number of rotatable bonds is 3. The van der Waals surface area contributed by atoms with Crippen molar-refractivity contribution in [3.05, 3.63) is 51.9 Å². The zero-order valence-electron chi connectivity index (χ0n) is 9.94. The van der Waals surface area contributed by atoms with Crippen LogP contribution in [0.4, 0.5) is 5.69 Å². The van der Waals surface area contributed by atoms with Crippen molar-refractivity contribution < 1.29 is 19.1 Å². The number of nitrogens with one attached hydrogen (secondary N) is 1. The number of carboxylic acid groups (broad SMARTS) is 1. The molecule has 0 fully saturated rings. The molecule has 1 aromatic carbocycles. The Morgan fingerprint density at radius 1 is 1.26 bits per heavy atom. The minimum absolute atomic E-state index is 0.143. The van der Waals surface area contributed by atoms with E-state index in [4.69, 9.17) is 9.52 Å². The molecule has 98 valence electrons. The molecule has 19 heavy (non-hydrogen) atoms. The van der Waals surface area contributed by atoms with E-state index in [0.717, 1.165) is 0 Å². The lowest BCUT2D eigenvalue weighted by molar-refractivity contribution is 0.0696. The fourth-order valence-corrected chi connectivity index (χ4v) is 1.98. The summed E-state index contributed by atoms with van der Waals surface area (Å²) in [6.07, 6.45) is 1.37. The number of anilines is 1. The summed E-state index contributed by atoms with van der Waals surface area (Å²) in [5.41, 5.74) is 1.05. The lowest BCUT2D eigenvalue weighted by Gasteiger charge is -2.06. The maximum absolute atomic E-state index is 11.9. The van der Waals surface area contributed by atoms with Crippen LogP contribution in [-0.4, -0.2) is 17.0 Å². The Labute approximate surface area is 117 Å². The summed E-state index contributed by atoms with van der Waals surface area (Å²) in [5.74, 6) is -0.699. The summed E-state index contributed by atoms with van der Waals surface area (Å²) >= 11 is 3.22. The Bertz CT molecular complexity index is 648. The van der Waals surface area contributed by atoms with Gasteiger partial charge in [0.2, 0.25) is 0 Å². The number of hydrogen-bond donors (Lipinski definition) is 2. The van der Waals surface area contributed by atoms with E-state index >= 15 is 0 Å². The van der Waals surface area contributed by atoms with Gasteiger partial charge < -0.3 is 14.8 Å². The Hall–Kier alpha value is -2.08. The minimum Gasteiger partial charge on any atom is -0.478 e. The standard InChI is InChI=1S/C13H10BrNO4/c1-7-4-9(6-19-7)12(16)15-11-3-2-8(13(17)18)5-10(11)14/h2-6H,1H3,(H,15,16)(H,17,18). The molecule has 0 aliphatic heterocycles. The molecular weight excluding hydrogens is 314 g/mol. The normalized spacial score (nSPS) is 10.2. The van der Waals surface area contributed by atoms with Crippen LogP contribution in [0.3, 0.4) is 0 Å². The van der Waals surface area contributed by atoms with E-state index in [-0.39, 0.29) is 11.5 Å². The van der Waals surface area contributed by atoms with Crippen LogP contribution in [0.15, 0.2) is 39.4 Å². The van der Waals surface area contributed by atoms with Gasteiger partial charge in [-0.2, -0.15) is 0 Å². The summed E-state index contributed by atoms with van der Waals surface area (Å²) in [6, 6.07) is 6.00. The number of hydrogen-bond acceptors (Lipinski definition) is 3. The molecule has 0 bridgehead atoms. The third-order valence-corrected chi connectivity index (χ3v) is 3.11. The van der Waals surface area contributed by atoms with Gasteiger partial charge in [-0.15, -0.1) is 0 Å². The predicted molar refractivity (Wildman–Crippen MR) is 72.5 cm³/mol. The molecule has 0 saturated carbocycles. The van der Waals surface area contributed by atoms with Crippen LogP contribution in [0.2, 0.25) is 0 Å². The number of carbonyl (C=O) groups excluding carboxylic acids is 1. The van der Waals surface area contributed by atoms with Gasteiger partial charge in [-0.05, 0) is 47.1 Å². The zero-order chi connectivity index (χ0) is 14.0. The molecule has 1 heterocycles. The molecule has 0 saturated heterocycles.